The summed E-state index contributed by atoms with van der Waals surface area (Å²) in [6.07, 6.45) is 7.75. The van der Waals surface area contributed by atoms with E-state index in [0.29, 0.717) is 23.3 Å². The van der Waals surface area contributed by atoms with E-state index in [1.54, 1.807) is 36.2 Å². The molecule has 0 atom stereocenters. The normalized spacial score (nSPS) is 20.6. The lowest BCUT2D eigenvalue weighted by Crippen LogP contribution is -2.35. The van der Waals surface area contributed by atoms with Gasteiger partial charge in [-0.15, -0.1) is 0 Å². The van der Waals surface area contributed by atoms with Gasteiger partial charge in [0.2, 0.25) is 0 Å². The van der Waals surface area contributed by atoms with Crippen LogP contribution < -0.4 is 4.74 Å². The zero-order valence-electron chi connectivity index (χ0n) is 14.4. The lowest BCUT2D eigenvalue weighted by Gasteiger charge is -2.31. The zero-order chi connectivity index (χ0) is 17.4. The first kappa shape index (κ1) is 19.1. The van der Waals surface area contributed by atoms with E-state index in [2.05, 4.69) is 0 Å². The summed E-state index contributed by atoms with van der Waals surface area (Å²) in [7, 11) is 1.80. The van der Waals surface area contributed by atoms with Crippen molar-refractivity contribution in [2.24, 2.45) is 11.8 Å². The van der Waals surface area contributed by atoms with E-state index >= 15 is 0 Å². The van der Waals surface area contributed by atoms with Crippen LogP contribution in [0.5, 0.6) is 5.75 Å². The van der Waals surface area contributed by atoms with Gasteiger partial charge in [0.1, 0.15) is 5.75 Å². The summed E-state index contributed by atoms with van der Waals surface area (Å²) in [5.74, 6) is 1.87. The molecule has 1 aliphatic rings. The van der Waals surface area contributed by atoms with Gasteiger partial charge in [-0.2, -0.15) is 0 Å². The van der Waals surface area contributed by atoms with Crippen molar-refractivity contribution < 1.29 is 14.6 Å². The zero-order valence-corrected chi connectivity index (χ0v) is 15.2. The van der Waals surface area contributed by atoms with E-state index in [9.17, 15) is 4.79 Å². The monoisotopic (exact) mass is 353 g/mol. The minimum absolute atomic E-state index is 0.301. The summed E-state index contributed by atoms with van der Waals surface area (Å²) in [5, 5.41) is 9.48. The smallest absolute Gasteiger partial charge is 0.410 e. The maximum absolute atomic E-state index is 12.2. The molecule has 1 aliphatic carbocycles. The Morgan fingerprint density at radius 2 is 1.79 bits per heavy atom. The number of hydrogen-bond donors (Lipinski definition) is 1. The van der Waals surface area contributed by atoms with E-state index in [4.69, 9.17) is 21.4 Å². The van der Waals surface area contributed by atoms with E-state index in [1.165, 1.54) is 32.1 Å². The Labute approximate surface area is 149 Å². The minimum Gasteiger partial charge on any atom is -0.410 e. The molecule has 1 amide bonds. The van der Waals surface area contributed by atoms with E-state index in [-0.39, 0.29) is 6.09 Å². The lowest BCUT2D eigenvalue weighted by molar-refractivity contribution is 0.144. The van der Waals surface area contributed by atoms with Crippen molar-refractivity contribution in [2.45, 2.75) is 44.9 Å². The molecule has 134 valence electrons. The summed E-state index contributed by atoms with van der Waals surface area (Å²) in [5.41, 5.74) is 0. The Hall–Kier alpha value is -1.26. The molecule has 0 spiro atoms. The van der Waals surface area contributed by atoms with Crippen LogP contribution in [-0.4, -0.2) is 36.3 Å². The number of benzene rings is 1. The van der Waals surface area contributed by atoms with Crippen molar-refractivity contribution in [3.63, 3.8) is 0 Å². The standard InChI is InChI=1S/C19H28ClNO3/c1-21(19(23)24-18-11-9-17(20)10-12-18)14-16-7-5-15(6-8-16)4-2-3-13-22/h9-12,15-16,22H,2-8,13-14H2,1H3/t15-,16-. The maximum atomic E-state index is 12.2. The average Bonchev–Trinajstić information content (AvgIpc) is 2.58. The quantitative estimate of drug-likeness (QED) is 0.720. The molecule has 0 heterocycles. The Balaban J connectivity index is 1.69. The highest BCUT2D eigenvalue weighted by Gasteiger charge is 2.23. The number of amides is 1. The molecule has 0 bridgehead atoms. The molecule has 4 nitrogen and oxygen atoms in total. The summed E-state index contributed by atoms with van der Waals surface area (Å²) in [6, 6.07) is 6.82. The highest BCUT2D eigenvalue weighted by molar-refractivity contribution is 6.30. The van der Waals surface area contributed by atoms with Crippen molar-refractivity contribution >= 4 is 17.7 Å². The predicted octanol–water partition coefficient (Wildman–Crippen LogP) is 4.74. The van der Waals surface area contributed by atoms with Gasteiger partial charge in [-0.05, 0) is 55.4 Å². The number of halogens is 1. The molecule has 1 aromatic carbocycles. The number of unbranched alkanes of at least 4 members (excludes halogenated alkanes) is 1. The Kier molecular flexibility index (Phi) is 7.86. The van der Waals surface area contributed by atoms with Crippen molar-refractivity contribution in [3.05, 3.63) is 29.3 Å². The summed E-state index contributed by atoms with van der Waals surface area (Å²) in [4.78, 5) is 13.8. The van der Waals surface area contributed by atoms with Gasteiger partial charge >= 0.3 is 6.09 Å². The average molecular weight is 354 g/mol. The molecule has 1 N–H and O–H groups in total. The number of rotatable bonds is 7. The van der Waals surface area contributed by atoms with Crippen LogP contribution in [0.25, 0.3) is 0 Å². The van der Waals surface area contributed by atoms with Crippen LogP contribution in [0.15, 0.2) is 24.3 Å². The molecule has 5 heteroatoms. The third-order valence-electron chi connectivity index (χ3n) is 4.85. The molecule has 0 unspecified atom stereocenters. The molecular formula is C19H28ClNO3. The van der Waals surface area contributed by atoms with Crippen LogP contribution in [0.2, 0.25) is 5.02 Å². The number of carbonyl (C=O) groups excluding carboxylic acids is 1. The van der Waals surface area contributed by atoms with Gasteiger partial charge in [0.05, 0.1) is 0 Å². The number of ether oxygens (including phenoxy) is 1. The number of hydrogen-bond acceptors (Lipinski definition) is 3. The molecule has 1 fully saturated rings. The summed E-state index contributed by atoms with van der Waals surface area (Å²) >= 11 is 5.83. The molecule has 24 heavy (non-hydrogen) atoms. The first-order valence-corrected chi connectivity index (χ1v) is 9.25. The maximum Gasteiger partial charge on any atom is 0.414 e. The topological polar surface area (TPSA) is 49.8 Å². The van der Waals surface area contributed by atoms with Crippen molar-refractivity contribution in [3.8, 4) is 5.75 Å². The van der Waals surface area contributed by atoms with Crippen molar-refractivity contribution in [2.75, 3.05) is 20.2 Å². The molecule has 0 aliphatic heterocycles. The third-order valence-corrected chi connectivity index (χ3v) is 5.10. The van der Waals surface area contributed by atoms with Crippen molar-refractivity contribution in [1.29, 1.82) is 0 Å². The molecule has 0 radical (unpaired) electrons. The predicted molar refractivity (Wildman–Crippen MR) is 96.5 cm³/mol. The Bertz CT molecular complexity index is 498. The van der Waals surface area contributed by atoms with Crippen LogP contribution in [-0.2, 0) is 0 Å². The molecule has 0 aromatic heterocycles. The largest absolute Gasteiger partial charge is 0.414 e. The highest BCUT2D eigenvalue weighted by atomic mass is 35.5. The fourth-order valence-corrected chi connectivity index (χ4v) is 3.52. The summed E-state index contributed by atoms with van der Waals surface area (Å²) < 4.78 is 5.36. The Morgan fingerprint density at radius 3 is 2.42 bits per heavy atom. The molecular weight excluding hydrogens is 326 g/mol. The first-order chi connectivity index (χ1) is 11.6. The second-order valence-electron chi connectivity index (χ2n) is 6.81. The molecule has 0 saturated heterocycles. The molecule has 1 aromatic rings. The van der Waals surface area contributed by atoms with Crippen LogP contribution in [0.4, 0.5) is 4.79 Å². The SMILES string of the molecule is CN(C[C@H]1CC[C@H](CCCCO)CC1)C(=O)Oc1ccc(Cl)cc1. The first-order valence-electron chi connectivity index (χ1n) is 8.88. The lowest BCUT2D eigenvalue weighted by atomic mass is 9.79. The van der Waals surface area contributed by atoms with Crippen LogP contribution >= 0.6 is 11.6 Å². The number of nitrogens with zero attached hydrogens (tertiary/aromatic N) is 1. The van der Waals surface area contributed by atoms with E-state index < -0.39 is 0 Å². The molecule has 2 rings (SSSR count). The van der Waals surface area contributed by atoms with Gasteiger partial charge in [-0.3, -0.25) is 0 Å². The highest BCUT2D eigenvalue weighted by Crippen LogP contribution is 2.32. The second-order valence-corrected chi connectivity index (χ2v) is 7.24. The van der Waals surface area contributed by atoms with Crippen LogP contribution in [0.1, 0.15) is 44.9 Å². The van der Waals surface area contributed by atoms with Crippen LogP contribution in [0.3, 0.4) is 0 Å². The van der Waals surface area contributed by atoms with Gasteiger partial charge in [0, 0.05) is 25.2 Å². The van der Waals surface area contributed by atoms with E-state index in [1.807, 2.05) is 0 Å². The number of aliphatic hydroxyl groups excluding tert-OH is 1. The van der Waals surface area contributed by atoms with Gasteiger partial charge in [0.15, 0.2) is 0 Å². The minimum atomic E-state index is -0.317. The summed E-state index contributed by atoms with van der Waals surface area (Å²) in [6.45, 7) is 1.05. The Morgan fingerprint density at radius 1 is 1.17 bits per heavy atom. The number of aliphatic hydroxyl groups is 1. The van der Waals surface area contributed by atoms with Gasteiger partial charge < -0.3 is 14.7 Å². The third kappa shape index (κ3) is 6.33. The molecule has 1 saturated carbocycles. The fourth-order valence-electron chi connectivity index (χ4n) is 3.39. The van der Waals surface area contributed by atoms with Gasteiger partial charge in [-0.25, -0.2) is 4.79 Å². The fraction of sp³-hybridized carbons (Fsp3) is 0.632. The number of carbonyl (C=O) groups is 1. The van der Waals surface area contributed by atoms with Gasteiger partial charge in [-0.1, -0.05) is 37.3 Å². The second kappa shape index (κ2) is 9.90. The van der Waals surface area contributed by atoms with E-state index in [0.717, 1.165) is 25.3 Å². The van der Waals surface area contributed by atoms with Crippen molar-refractivity contribution in [1.82, 2.24) is 4.90 Å². The van der Waals surface area contributed by atoms with Crippen LogP contribution in [0, 0.1) is 11.8 Å². The van der Waals surface area contributed by atoms with Gasteiger partial charge in [0.25, 0.3) is 0 Å².